The minimum absolute atomic E-state index is 0.220. The monoisotopic (exact) mass is 618 g/mol. The van der Waals surface area contributed by atoms with Gasteiger partial charge in [-0.2, -0.15) is 0 Å². The lowest BCUT2D eigenvalue weighted by atomic mass is 9.86. The van der Waals surface area contributed by atoms with Crippen LogP contribution in [0.2, 0.25) is 0 Å². The topological polar surface area (TPSA) is 85.4 Å². The Balaban J connectivity index is 1.52. The highest BCUT2D eigenvalue weighted by Crippen LogP contribution is 2.54. The Bertz CT molecular complexity index is 1450. The number of halogens is 1. The average molecular weight is 620 g/mol. The van der Waals surface area contributed by atoms with Crippen LogP contribution in [0.25, 0.3) is 0 Å². The molecule has 3 aliphatic heterocycles. The van der Waals surface area contributed by atoms with Gasteiger partial charge in [0, 0.05) is 10.5 Å². The first kappa shape index (κ1) is 27.8. The van der Waals surface area contributed by atoms with E-state index < -0.39 is 53.7 Å². The van der Waals surface area contributed by atoms with E-state index in [1.165, 1.54) is 12.0 Å². The normalized spacial score (nSPS) is 29.4. The summed E-state index contributed by atoms with van der Waals surface area (Å²) >= 11 is 3.51. The first-order valence-electron chi connectivity index (χ1n) is 13.6. The molecular weight excluding hydrogens is 588 g/mol. The molecule has 0 N–H and O–H groups in total. The minimum Gasteiger partial charge on any atom is -0.468 e. The standard InChI is InChI=1S/C32H31BrN2O6/c1-32(2)40-18-23(28(41-32)20-10-6-4-7-11-20)35-26(19-14-16-21(33)17-15-19)24-25(27(35)31(38)39-3)30(37)34(29(24)36)22-12-8-5-9-13-22/h4-17,23-28H,18H2,1-3H3/t23-,24+,25-,26+,27-,28-/m0/s1. The maximum absolute atomic E-state index is 14.2. The number of benzene rings is 3. The van der Waals surface area contributed by atoms with Gasteiger partial charge in [-0.15, -0.1) is 0 Å². The summed E-state index contributed by atoms with van der Waals surface area (Å²) in [5.41, 5.74) is 2.20. The lowest BCUT2D eigenvalue weighted by Crippen LogP contribution is -2.57. The van der Waals surface area contributed by atoms with Crippen LogP contribution in [0.1, 0.15) is 37.1 Å². The number of likely N-dealkylation sites (tertiary alicyclic amines) is 1. The molecule has 0 spiro atoms. The van der Waals surface area contributed by atoms with Crippen molar-refractivity contribution in [3.8, 4) is 0 Å². The van der Waals surface area contributed by atoms with Crippen molar-refractivity contribution in [3.05, 3.63) is 101 Å². The van der Waals surface area contributed by atoms with E-state index in [4.69, 9.17) is 14.2 Å². The van der Waals surface area contributed by atoms with Crippen molar-refractivity contribution >= 4 is 39.4 Å². The van der Waals surface area contributed by atoms with Gasteiger partial charge in [0.15, 0.2) is 5.79 Å². The predicted octanol–water partition coefficient (Wildman–Crippen LogP) is 5.05. The second kappa shape index (κ2) is 10.8. The Morgan fingerprint density at radius 3 is 2.12 bits per heavy atom. The smallest absolute Gasteiger partial charge is 0.323 e. The number of rotatable bonds is 5. The van der Waals surface area contributed by atoms with E-state index in [1.54, 1.807) is 24.3 Å². The number of anilines is 1. The highest BCUT2D eigenvalue weighted by molar-refractivity contribution is 9.10. The third kappa shape index (κ3) is 4.80. The Kier molecular flexibility index (Phi) is 7.32. The minimum atomic E-state index is -1.03. The van der Waals surface area contributed by atoms with Crippen LogP contribution >= 0.6 is 15.9 Å². The van der Waals surface area contributed by atoms with E-state index in [0.29, 0.717) is 5.69 Å². The summed E-state index contributed by atoms with van der Waals surface area (Å²) in [6.07, 6.45) is -0.501. The van der Waals surface area contributed by atoms with Crippen molar-refractivity contribution < 1.29 is 28.6 Å². The number of amides is 2. The van der Waals surface area contributed by atoms with E-state index in [9.17, 15) is 14.4 Å². The van der Waals surface area contributed by atoms with E-state index in [0.717, 1.165) is 15.6 Å². The summed E-state index contributed by atoms with van der Waals surface area (Å²) in [7, 11) is 1.31. The molecule has 0 unspecified atom stereocenters. The molecule has 8 nitrogen and oxygen atoms in total. The summed E-state index contributed by atoms with van der Waals surface area (Å²) < 4.78 is 18.9. The van der Waals surface area contributed by atoms with Crippen LogP contribution in [-0.4, -0.2) is 54.3 Å². The van der Waals surface area contributed by atoms with Gasteiger partial charge in [0.2, 0.25) is 11.8 Å². The quantitative estimate of drug-likeness (QED) is 0.292. The number of hydrogen-bond acceptors (Lipinski definition) is 7. The number of nitrogens with zero attached hydrogens (tertiary/aromatic N) is 2. The molecule has 0 aromatic heterocycles. The number of methoxy groups -OCH3 is 1. The molecule has 3 aromatic rings. The fourth-order valence-electron chi connectivity index (χ4n) is 6.56. The highest BCUT2D eigenvalue weighted by Gasteiger charge is 2.67. The molecule has 0 radical (unpaired) electrons. The van der Waals surface area contributed by atoms with E-state index in [-0.39, 0.29) is 12.5 Å². The summed E-state index contributed by atoms with van der Waals surface area (Å²) in [5, 5.41) is 0. The third-order valence-electron chi connectivity index (χ3n) is 8.26. The average Bonchev–Trinajstić information content (AvgIpc) is 3.45. The molecule has 0 bridgehead atoms. The van der Waals surface area contributed by atoms with Gasteiger partial charge in [0.05, 0.1) is 37.3 Å². The third-order valence-corrected chi connectivity index (χ3v) is 8.79. The van der Waals surface area contributed by atoms with Gasteiger partial charge in [-0.1, -0.05) is 76.6 Å². The predicted molar refractivity (Wildman–Crippen MR) is 155 cm³/mol. The first-order chi connectivity index (χ1) is 19.7. The first-order valence-corrected chi connectivity index (χ1v) is 14.4. The van der Waals surface area contributed by atoms with Crippen molar-refractivity contribution in [1.82, 2.24) is 4.90 Å². The number of esters is 1. The molecule has 6 atom stereocenters. The van der Waals surface area contributed by atoms with Crippen molar-refractivity contribution in [2.45, 2.75) is 43.9 Å². The summed E-state index contributed by atoms with van der Waals surface area (Å²) in [6, 6.07) is 24.1. The Hall–Kier alpha value is -3.37. The maximum atomic E-state index is 14.2. The summed E-state index contributed by atoms with van der Waals surface area (Å²) in [5.74, 6) is -3.98. The number of ether oxygens (including phenoxy) is 3. The van der Waals surface area contributed by atoms with Crippen molar-refractivity contribution in [2.75, 3.05) is 18.6 Å². The largest absolute Gasteiger partial charge is 0.468 e. The Morgan fingerprint density at radius 1 is 0.878 bits per heavy atom. The number of hydrogen-bond donors (Lipinski definition) is 0. The molecule has 3 aromatic carbocycles. The number of fused-ring (bicyclic) bond motifs is 1. The van der Waals surface area contributed by atoms with Crippen molar-refractivity contribution in [1.29, 1.82) is 0 Å². The van der Waals surface area contributed by atoms with Crippen LogP contribution in [0.5, 0.6) is 0 Å². The molecule has 3 heterocycles. The molecule has 3 saturated heterocycles. The van der Waals surface area contributed by atoms with Gasteiger partial charge in [0.1, 0.15) is 12.1 Å². The molecule has 212 valence electrons. The zero-order chi connectivity index (χ0) is 28.9. The van der Waals surface area contributed by atoms with Crippen LogP contribution in [0, 0.1) is 11.8 Å². The van der Waals surface area contributed by atoms with Gasteiger partial charge in [-0.3, -0.25) is 19.3 Å². The Morgan fingerprint density at radius 2 is 1.49 bits per heavy atom. The number of para-hydroxylation sites is 1. The number of imide groups is 1. The zero-order valence-corrected chi connectivity index (χ0v) is 24.6. The van der Waals surface area contributed by atoms with Gasteiger partial charge >= 0.3 is 5.97 Å². The molecule has 3 fully saturated rings. The highest BCUT2D eigenvalue weighted by atomic mass is 79.9. The zero-order valence-electron chi connectivity index (χ0n) is 23.0. The molecule has 0 saturated carbocycles. The molecule has 41 heavy (non-hydrogen) atoms. The SMILES string of the molecule is COC(=O)[C@@H]1[C@H]2C(=O)N(c3ccccc3)C(=O)[C@H]2[C@@H](c2ccc(Br)cc2)N1[C@H]1COC(C)(C)O[C@H]1c1ccccc1. The fraction of sp³-hybridized carbons (Fsp3) is 0.344. The van der Waals surface area contributed by atoms with E-state index in [2.05, 4.69) is 15.9 Å². The molecule has 0 aliphatic carbocycles. The molecule has 9 heteroatoms. The lowest BCUT2D eigenvalue weighted by molar-refractivity contribution is -0.300. The van der Waals surface area contributed by atoms with Crippen LogP contribution in [0.15, 0.2) is 89.4 Å². The van der Waals surface area contributed by atoms with E-state index in [1.807, 2.05) is 79.4 Å². The van der Waals surface area contributed by atoms with Gasteiger partial charge in [0.25, 0.3) is 0 Å². The van der Waals surface area contributed by atoms with Crippen LogP contribution in [0.3, 0.4) is 0 Å². The van der Waals surface area contributed by atoms with Crippen LogP contribution in [-0.2, 0) is 28.6 Å². The summed E-state index contributed by atoms with van der Waals surface area (Å²) in [6.45, 7) is 3.93. The number of carbonyl (C=O) groups is 3. The summed E-state index contributed by atoms with van der Waals surface area (Å²) in [4.78, 5) is 45.2. The molecule has 3 aliphatic rings. The van der Waals surface area contributed by atoms with Crippen LogP contribution < -0.4 is 4.90 Å². The van der Waals surface area contributed by atoms with Crippen molar-refractivity contribution in [3.63, 3.8) is 0 Å². The number of carbonyl (C=O) groups excluding carboxylic acids is 3. The molecule has 2 amide bonds. The van der Waals surface area contributed by atoms with E-state index >= 15 is 0 Å². The van der Waals surface area contributed by atoms with Gasteiger partial charge in [-0.05, 0) is 49.2 Å². The fourth-order valence-corrected chi connectivity index (χ4v) is 6.82. The maximum Gasteiger partial charge on any atom is 0.323 e. The Labute approximate surface area is 247 Å². The second-order valence-electron chi connectivity index (χ2n) is 11.0. The molecule has 6 rings (SSSR count). The second-order valence-corrected chi connectivity index (χ2v) is 12.0. The molecular formula is C32H31BrN2O6. The lowest BCUT2D eigenvalue weighted by Gasteiger charge is -2.48. The van der Waals surface area contributed by atoms with Crippen molar-refractivity contribution in [2.24, 2.45) is 11.8 Å². The van der Waals surface area contributed by atoms with Gasteiger partial charge in [-0.25, -0.2) is 4.90 Å². The van der Waals surface area contributed by atoms with Crippen LogP contribution in [0.4, 0.5) is 5.69 Å². The van der Waals surface area contributed by atoms with Gasteiger partial charge < -0.3 is 14.2 Å².